The lowest BCUT2D eigenvalue weighted by molar-refractivity contribution is 0.315. The van der Waals surface area contributed by atoms with E-state index in [-0.39, 0.29) is 0 Å². The summed E-state index contributed by atoms with van der Waals surface area (Å²) in [5, 5.41) is 7.49. The van der Waals surface area contributed by atoms with Gasteiger partial charge in [-0.1, -0.05) is 31.3 Å². The van der Waals surface area contributed by atoms with E-state index in [1.807, 2.05) is 7.05 Å². The highest BCUT2D eigenvalue weighted by molar-refractivity contribution is 5.02. The topological polar surface area (TPSA) is 51.0 Å². The van der Waals surface area contributed by atoms with Gasteiger partial charge in [0.15, 0.2) is 5.82 Å². The molecule has 0 aliphatic heterocycles. The van der Waals surface area contributed by atoms with Gasteiger partial charge in [0.2, 0.25) is 5.89 Å². The monoisotopic (exact) mass is 251 g/mol. The van der Waals surface area contributed by atoms with Gasteiger partial charge in [-0.05, 0) is 33.2 Å². The number of hydrogen-bond donors (Lipinski definition) is 1. The Morgan fingerprint density at radius 1 is 1.33 bits per heavy atom. The third-order valence-electron chi connectivity index (χ3n) is 4.24. The summed E-state index contributed by atoms with van der Waals surface area (Å²) in [5.41, 5.74) is 0. The predicted molar refractivity (Wildman–Crippen MR) is 71.7 cm³/mol. The van der Waals surface area contributed by atoms with Gasteiger partial charge in [0, 0.05) is 12.0 Å². The summed E-state index contributed by atoms with van der Waals surface area (Å²) >= 11 is 0. The molecule has 2 atom stereocenters. The normalized spacial score (nSPS) is 20.8. The Hall–Kier alpha value is -0.900. The van der Waals surface area contributed by atoms with E-state index in [0.29, 0.717) is 17.9 Å². The zero-order valence-electron chi connectivity index (χ0n) is 11.8. The number of aromatic nitrogens is 2. The van der Waals surface area contributed by atoms with E-state index in [2.05, 4.69) is 29.3 Å². The minimum Gasteiger partial charge on any atom is -0.339 e. The SMILES string of the molecule is CCC(c1nc(C2CCCCC2)no1)C(C)NC. The summed E-state index contributed by atoms with van der Waals surface area (Å²) in [6, 6.07) is 0.370. The molecule has 1 aliphatic rings. The van der Waals surface area contributed by atoms with Crippen LogP contribution in [-0.2, 0) is 0 Å². The molecule has 4 heteroatoms. The first-order valence-electron chi connectivity index (χ1n) is 7.27. The van der Waals surface area contributed by atoms with Gasteiger partial charge in [-0.3, -0.25) is 0 Å². The highest BCUT2D eigenvalue weighted by Crippen LogP contribution is 2.32. The predicted octanol–water partition coefficient (Wildman–Crippen LogP) is 3.22. The van der Waals surface area contributed by atoms with Gasteiger partial charge in [0.25, 0.3) is 0 Å². The van der Waals surface area contributed by atoms with Gasteiger partial charge < -0.3 is 9.84 Å². The van der Waals surface area contributed by atoms with Crippen molar-refractivity contribution in [2.75, 3.05) is 7.05 Å². The summed E-state index contributed by atoms with van der Waals surface area (Å²) < 4.78 is 5.49. The van der Waals surface area contributed by atoms with Crippen molar-refractivity contribution in [2.45, 2.75) is 70.3 Å². The van der Waals surface area contributed by atoms with E-state index in [1.54, 1.807) is 0 Å². The minimum absolute atomic E-state index is 0.319. The van der Waals surface area contributed by atoms with Crippen molar-refractivity contribution in [3.05, 3.63) is 11.7 Å². The second kappa shape index (κ2) is 6.32. The summed E-state index contributed by atoms with van der Waals surface area (Å²) in [6.07, 6.45) is 7.43. The molecule has 1 heterocycles. The van der Waals surface area contributed by atoms with Crippen molar-refractivity contribution in [2.24, 2.45) is 0 Å². The van der Waals surface area contributed by atoms with E-state index in [4.69, 9.17) is 4.52 Å². The summed E-state index contributed by atoms with van der Waals surface area (Å²) in [7, 11) is 1.98. The Kier molecular flexibility index (Phi) is 4.75. The fourth-order valence-electron chi connectivity index (χ4n) is 2.87. The number of nitrogens with zero attached hydrogens (tertiary/aromatic N) is 2. The van der Waals surface area contributed by atoms with Gasteiger partial charge in [-0.15, -0.1) is 0 Å². The Labute approximate surface area is 110 Å². The first-order chi connectivity index (χ1) is 8.76. The van der Waals surface area contributed by atoms with Crippen molar-refractivity contribution in [3.8, 4) is 0 Å². The van der Waals surface area contributed by atoms with Crippen molar-refractivity contribution in [1.82, 2.24) is 15.5 Å². The molecular formula is C14H25N3O. The van der Waals surface area contributed by atoms with Crippen LogP contribution in [0.25, 0.3) is 0 Å². The summed E-state index contributed by atoms with van der Waals surface area (Å²) in [6.45, 7) is 4.33. The molecule has 2 rings (SSSR count). The second-order valence-electron chi connectivity index (χ2n) is 5.42. The van der Waals surface area contributed by atoms with Crippen molar-refractivity contribution in [3.63, 3.8) is 0 Å². The van der Waals surface area contributed by atoms with E-state index in [1.165, 1.54) is 32.1 Å². The zero-order chi connectivity index (χ0) is 13.0. The maximum atomic E-state index is 5.49. The molecule has 0 amide bonds. The molecule has 1 aliphatic carbocycles. The van der Waals surface area contributed by atoms with Crippen LogP contribution in [0, 0.1) is 0 Å². The molecule has 2 unspecified atom stereocenters. The summed E-state index contributed by atoms with van der Waals surface area (Å²) in [5.74, 6) is 2.59. The second-order valence-corrected chi connectivity index (χ2v) is 5.42. The van der Waals surface area contributed by atoms with E-state index in [0.717, 1.165) is 18.1 Å². The van der Waals surface area contributed by atoms with Crippen molar-refractivity contribution < 1.29 is 4.52 Å². The number of likely N-dealkylation sites (N-methyl/N-ethyl adjacent to an activating group) is 1. The van der Waals surface area contributed by atoms with Crippen LogP contribution in [0.4, 0.5) is 0 Å². The molecule has 1 fully saturated rings. The van der Waals surface area contributed by atoms with Crippen LogP contribution in [0.15, 0.2) is 4.52 Å². The van der Waals surface area contributed by atoms with Crippen LogP contribution in [0.1, 0.15) is 75.9 Å². The standard InChI is InChI=1S/C14H25N3O/c1-4-12(10(2)15-3)14-16-13(17-18-14)11-8-6-5-7-9-11/h10-12,15H,4-9H2,1-3H3. The molecular weight excluding hydrogens is 226 g/mol. The molecule has 1 saturated carbocycles. The summed E-state index contributed by atoms with van der Waals surface area (Å²) in [4.78, 5) is 4.66. The quantitative estimate of drug-likeness (QED) is 0.873. The number of nitrogens with one attached hydrogen (secondary N) is 1. The van der Waals surface area contributed by atoms with Crippen LogP contribution in [0.5, 0.6) is 0 Å². The molecule has 4 nitrogen and oxygen atoms in total. The highest BCUT2D eigenvalue weighted by atomic mass is 16.5. The van der Waals surface area contributed by atoms with E-state index in [9.17, 15) is 0 Å². The number of hydrogen-bond acceptors (Lipinski definition) is 4. The minimum atomic E-state index is 0.319. The lowest BCUT2D eigenvalue weighted by Gasteiger charge is -2.19. The molecule has 1 N–H and O–H groups in total. The van der Waals surface area contributed by atoms with Gasteiger partial charge in [0.1, 0.15) is 0 Å². The van der Waals surface area contributed by atoms with Gasteiger partial charge in [-0.25, -0.2) is 0 Å². The molecule has 1 aromatic heterocycles. The average Bonchev–Trinajstić information content (AvgIpc) is 2.90. The van der Waals surface area contributed by atoms with Gasteiger partial charge >= 0.3 is 0 Å². The molecule has 0 radical (unpaired) electrons. The van der Waals surface area contributed by atoms with Crippen LogP contribution in [0.2, 0.25) is 0 Å². The Morgan fingerprint density at radius 3 is 2.67 bits per heavy atom. The van der Waals surface area contributed by atoms with Crippen LogP contribution in [-0.4, -0.2) is 23.2 Å². The van der Waals surface area contributed by atoms with Gasteiger partial charge in [0.05, 0.1) is 5.92 Å². The first-order valence-corrected chi connectivity index (χ1v) is 7.27. The Morgan fingerprint density at radius 2 is 2.06 bits per heavy atom. The van der Waals surface area contributed by atoms with Crippen molar-refractivity contribution in [1.29, 1.82) is 0 Å². The Balaban J connectivity index is 2.08. The van der Waals surface area contributed by atoms with Crippen LogP contribution >= 0.6 is 0 Å². The highest BCUT2D eigenvalue weighted by Gasteiger charge is 2.26. The fourth-order valence-corrected chi connectivity index (χ4v) is 2.87. The van der Waals surface area contributed by atoms with E-state index >= 15 is 0 Å². The molecule has 0 spiro atoms. The smallest absolute Gasteiger partial charge is 0.231 e. The Bertz CT molecular complexity index is 358. The third-order valence-corrected chi connectivity index (χ3v) is 4.24. The zero-order valence-corrected chi connectivity index (χ0v) is 11.8. The molecule has 18 heavy (non-hydrogen) atoms. The van der Waals surface area contributed by atoms with E-state index < -0.39 is 0 Å². The number of rotatable bonds is 5. The maximum absolute atomic E-state index is 5.49. The third kappa shape index (κ3) is 2.91. The molecule has 0 aromatic carbocycles. The lowest BCUT2D eigenvalue weighted by atomic mass is 9.89. The molecule has 1 aromatic rings. The largest absolute Gasteiger partial charge is 0.339 e. The van der Waals surface area contributed by atoms with Crippen LogP contribution < -0.4 is 5.32 Å². The fraction of sp³-hybridized carbons (Fsp3) is 0.857. The molecule has 102 valence electrons. The van der Waals surface area contributed by atoms with Gasteiger partial charge in [-0.2, -0.15) is 4.98 Å². The first kappa shape index (κ1) is 13.5. The molecule has 0 bridgehead atoms. The molecule has 0 saturated heterocycles. The van der Waals surface area contributed by atoms with Crippen molar-refractivity contribution >= 4 is 0 Å². The van der Waals surface area contributed by atoms with Crippen LogP contribution in [0.3, 0.4) is 0 Å². The average molecular weight is 251 g/mol. The lowest BCUT2D eigenvalue weighted by Crippen LogP contribution is -2.28. The maximum Gasteiger partial charge on any atom is 0.231 e.